The Bertz CT molecular complexity index is 261. The van der Waals surface area contributed by atoms with E-state index in [1.54, 1.807) is 18.7 Å². The third kappa shape index (κ3) is 4.13. The molecule has 3 heteroatoms. The fraction of sp³-hybridized carbons (Fsp3) is 0.455. The van der Waals surface area contributed by atoms with Crippen molar-refractivity contribution in [3.8, 4) is 0 Å². The maximum atomic E-state index is 9.66. The molecule has 3 N–H and O–H groups in total. The SMILES string of the molecule is C[C@@](O)(CN)CCSc1ccccc1. The minimum atomic E-state index is -0.720. The van der Waals surface area contributed by atoms with Gasteiger partial charge in [-0.25, -0.2) is 0 Å². The number of nitrogens with two attached hydrogens (primary N) is 1. The number of hydrogen-bond donors (Lipinski definition) is 2. The van der Waals surface area contributed by atoms with Gasteiger partial charge in [0.15, 0.2) is 0 Å². The van der Waals surface area contributed by atoms with E-state index in [0.717, 1.165) is 12.2 Å². The number of thioether (sulfide) groups is 1. The van der Waals surface area contributed by atoms with E-state index in [-0.39, 0.29) is 0 Å². The van der Waals surface area contributed by atoms with Gasteiger partial charge >= 0.3 is 0 Å². The zero-order valence-electron chi connectivity index (χ0n) is 8.44. The molecule has 0 aliphatic heterocycles. The molecule has 0 radical (unpaired) electrons. The lowest BCUT2D eigenvalue weighted by atomic mass is 10.1. The predicted molar refractivity (Wildman–Crippen MR) is 61.5 cm³/mol. The first-order valence-electron chi connectivity index (χ1n) is 4.74. The molecular formula is C11H17NOS. The van der Waals surface area contributed by atoms with Crippen LogP contribution in [-0.2, 0) is 0 Å². The van der Waals surface area contributed by atoms with Crippen LogP contribution in [0.2, 0.25) is 0 Å². The normalized spacial score (nSPS) is 15.1. The third-order valence-electron chi connectivity index (χ3n) is 2.09. The molecule has 0 saturated heterocycles. The van der Waals surface area contributed by atoms with Gasteiger partial charge in [0.25, 0.3) is 0 Å². The molecule has 0 saturated carbocycles. The average molecular weight is 211 g/mol. The Labute approximate surface area is 89.5 Å². The molecule has 78 valence electrons. The van der Waals surface area contributed by atoms with Crippen LogP contribution in [0.3, 0.4) is 0 Å². The average Bonchev–Trinajstić information content (AvgIpc) is 2.19. The van der Waals surface area contributed by atoms with Gasteiger partial charge in [0.2, 0.25) is 0 Å². The summed E-state index contributed by atoms with van der Waals surface area (Å²) in [6.07, 6.45) is 0.725. The van der Waals surface area contributed by atoms with Gasteiger partial charge in [0.05, 0.1) is 5.60 Å². The third-order valence-corrected chi connectivity index (χ3v) is 3.11. The highest BCUT2D eigenvalue weighted by atomic mass is 32.2. The van der Waals surface area contributed by atoms with Crippen molar-refractivity contribution in [3.05, 3.63) is 30.3 Å². The molecule has 0 unspecified atom stereocenters. The van der Waals surface area contributed by atoms with Crippen molar-refractivity contribution in [2.45, 2.75) is 23.8 Å². The lowest BCUT2D eigenvalue weighted by molar-refractivity contribution is 0.0665. The smallest absolute Gasteiger partial charge is 0.0749 e. The summed E-state index contributed by atoms with van der Waals surface area (Å²) in [5.74, 6) is 0.897. The van der Waals surface area contributed by atoms with Gasteiger partial charge in [-0.05, 0) is 25.5 Å². The van der Waals surface area contributed by atoms with Crippen molar-refractivity contribution < 1.29 is 5.11 Å². The molecule has 0 aliphatic carbocycles. The summed E-state index contributed by atoms with van der Waals surface area (Å²) in [5.41, 5.74) is 4.71. The second-order valence-corrected chi connectivity index (χ2v) is 4.78. The van der Waals surface area contributed by atoms with E-state index in [1.165, 1.54) is 4.90 Å². The van der Waals surface area contributed by atoms with E-state index in [4.69, 9.17) is 5.73 Å². The first kappa shape index (κ1) is 11.6. The fourth-order valence-corrected chi connectivity index (χ4v) is 2.13. The summed E-state index contributed by atoms with van der Waals surface area (Å²) < 4.78 is 0. The van der Waals surface area contributed by atoms with Gasteiger partial charge < -0.3 is 10.8 Å². The largest absolute Gasteiger partial charge is 0.389 e. The Morgan fingerprint density at radius 3 is 2.57 bits per heavy atom. The molecule has 1 aromatic rings. The second-order valence-electron chi connectivity index (χ2n) is 3.61. The Kier molecular flexibility index (Phi) is 4.45. The van der Waals surface area contributed by atoms with Crippen LogP contribution in [-0.4, -0.2) is 23.0 Å². The van der Waals surface area contributed by atoms with E-state index in [9.17, 15) is 5.11 Å². The van der Waals surface area contributed by atoms with E-state index in [2.05, 4.69) is 12.1 Å². The summed E-state index contributed by atoms with van der Waals surface area (Å²) >= 11 is 1.75. The summed E-state index contributed by atoms with van der Waals surface area (Å²) in [7, 11) is 0. The lowest BCUT2D eigenvalue weighted by Crippen LogP contribution is -2.34. The van der Waals surface area contributed by atoms with Crippen LogP contribution < -0.4 is 5.73 Å². The molecule has 0 aliphatic rings. The van der Waals surface area contributed by atoms with E-state index in [1.807, 2.05) is 18.2 Å². The highest BCUT2D eigenvalue weighted by molar-refractivity contribution is 7.99. The summed E-state index contributed by atoms with van der Waals surface area (Å²) in [4.78, 5) is 1.24. The van der Waals surface area contributed by atoms with Crippen LogP contribution >= 0.6 is 11.8 Å². The van der Waals surface area contributed by atoms with Crippen molar-refractivity contribution in [1.29, 1.82) is 0 Å². The van der Waals surface area contributed by atoms with Crippen LogP contribution in [0, 0.1) is 0 Å². The van der Waals surface area contributed by atoms with Crippen molar-refractivity contribution in [3.63, 3.8) is 0 Å². The zero-order chi connectivity index (χ0) is 10.4. The van der Waals surface area contributed by atoms with Crippen molar-refractivity contribution in [2.24, 2.45) is 5.73 Å². The second kappa shape index (κ2) is 5.39. The molecule has 0 heterocycles. The van der Waals surface area contributed by atoms with Crippen LogP contribution in [0.25, 0.3) is 0 Å². The molecule has 2 nitrogen and oxygen atoms in total. The van der Waals surface area contributed by atoms with E-state index >= 15 is 0 Å². The highest BCUT2D eigenvalue weighted by Gasteiger charge is 2.16. The van der Waals surface area contributed by atoms with Crippen LogP contribution in [0.4, 0.5) is 0 Å². The minimum Gasteiger partial charge on any atom is -0.389 e. The molecule has 14 heavy (non-hydrogen) atoms. The monoisotopic (exact) mass is 211 g/mol. The molecule has 0 bridgehead atoms. The van der Waals surface area contributed by atoms with Crippen molar-refractivity contribution in [1.82, 2.24) is 0 Å². The number of benzene rings is 1. The number of rotatable bonds is 5. The molecule has 0 amide bonds. The molecule has 1 atom stereocenters. The Balaban J connectivity index is 2.29. The van der Waals surface area contributed by atoms with Crippen LogP contribution in [0.15, 0.2) is 35.2 Å². The maximum Gasteiger partial charge on any atom is 0.0749 e. The zero-order valence-corrected chi connectivity index (χ0v) is 9.26. The molecule has 1 rings (SSSR count). The summed E-state index contributed by atoms with van der Waals surface area (Å²) in [6.45, 7) is 2.10. The Morgan fingerprint density at radius 2 is 2.00 bits per heavy atom. The molecular weight excluding hydrogens is 194 g/mol. The molecule has 0 spiro atoms. The van der Waals surface area contributed by atoms with Crippen LogP contribution in [0.5, 0.6) is 0 Å². The lowest BCUT2D eigenvalue weighted by Gasteiger charge is -2.20. The Hall–Kier alpha value is -0.510. The Morgan fingerprint density at radius 1 is 1.36 bits per heavy atom. The topological polar surface area (TPSA) is 46.2 Å². The number of aliphatic hydroxyl groups is 1. The van der Waals surface area contributed by atoms with Gasteiger partial charge in [-0.15, -0.1) is 11.8 Å². The van der Waals surface area contributed by atoms with Gasteiger partial charge in [0, 0.05) is 17.2 Å². The van der Waals surface area contributed by atoms with Crippen molar-refractivity contribution >= 4 is 11.8 Å². The first-order chi connectivity index (χ1) is 6.64. The first-order valence-corrected chi connectivity index (χ1v) is 5.73. The highest BCUT2D eigenvalue weighted by Crippen LogP contribution is 2.20. The molecule has 0 fully saturated rings. The van der Waals surface area contributed by atoms with E-state index in [0.29, 0.717) is 6.54 Å². The predicted octanol–water partition coefficient (Wildman–Crippen LogP) is 1.88. The van der Waals surface area contributed by atoms with Gasteiger partial charge in [-0.2, -0.15) is 0 Å². The molecule has 1 aromatic carbocycles. The fourth-order valence-electron chi connectivity index (χ4n) is 1.01. The van der Waals surface area contributed by atoms with Crippen molar-refractivity contribution in [2.75, 3.05) is 12.3 Å². The standard InChI is InChI=1S/C11H17NOS/c1-11(13,9-12)7-8-14-10-5-3-2-4-6-10/h2-6,13H,7-9,12H2,1H3/t11-/m0/s1. The quantitative estimate of drug-likeness (QED) is 0.731. The minimum absolute atomic E-state index is 0.322. The van der Waals surface area contributed by atoms with Gasteiger partial charge in [-0.3, -0.25) is 0 Å². The maximum absolute atomic E-state index is 9.66. The summed E-state index contributed by atoms with van der Waals surface area (Å²) in [6, 6.07) is 10.2. The number of hydrogen-bond acceptors (Lipinski definition) is 3. The molecule has 0 aromatic heterocycles. The summed E-state index contributed by atoms with van der Waals surface area (Å²) in [5, 5.41) is 9.66. The van der Waals surface area contributed by atoms with Gasteiger partial charge in [-0.1, -0.05) is 18.2 Å². The van der Waals surface area contributed by atoms with E-state index < -0.39 is 5.60 Å². The van der Waals surface area contributed by atoms with Gasteiger partial charge in [0.1, 0.15) is 0 Å². The van der Waals surface area contributed by atoms with Crippen LogP contribution in [0.1, 0.15) is 13.3 Å².